The summed E-state index contributed by atoms with van der Waals surface area (Å²) < 4.78 is 48.6. The maximum Gasteiger partial charge on any atom is 0.416 e. The van der Waals surface area contributed by atoms with Crippen molar-refractivity contribution in [2.75, 3.05) is 43.6 Å². The molecule has 0 spiro atoms. The van der Waals surface area contributed by atoms with Gasteiger partial charge in [-0.15, -0.1) is 0 Å². The Kier molecular flexibility index (Phi) is 10.4. The van der Waals surface area contributed by atoms with Crippen LogP contribution in [0.1, 0.15) is 45.5 Å². The summed E-state index contributed by atoms with van der Waals surface area (Å²) in [6, 6.07) is 7.96. The highest BCUT2D eigenvalue weighted by Gasteiger charge is 2.31. The first kappa shape index (κ1) is 31.0. The van der Waals surface area contributed by atoms with Crippen LogP contribution in [0.15, 0.2) is 42.7 Å². The van der Waals surface area contributed by atoms with Gasteiger partial charge in [0.1, 0.15) is 29.5 Å². The Labute approximate surface area is 235 Å². The minimum atomic E-state index is -4.55. The molecule has 1 aromatic heterocycles. The van der Waals surface area contributed by atoms with Crippen LogP contribution in [0.4, 0.5) is 34.9 Å². The topological polar surface area (TPSA) is 120 Å². The van der Waals surface area contributed by atoms with Crippen molar-refractivity contribution in [1.82, 2.24) is 14.9 Å². The monoisotopic (exact) mass is 569 g/mol. The van der Waals surface area contributed by atoms with Crippen LogP contribution in [-0.2, 0) is 6.18 Å². The second-order valence-electron chi connectivity index (χ2n) is 9.46. The molecule has 0 amide bonds. The molecular weight excluding hydrogens is 538 g/mol. The molecule has 1 saturated heterocycles. The smallest absolute Gasteiger partial charge is 0.388 e. The van der Waals surface area contributed by atoms with Gasteiger partial charge < -0.3 is 21.3 Å². The van der Waals surface area contributed by atoms with E-state index in [2.05, 4.69) is 44.4 Å². The maximum absolute atomic E-state index is 12.6. The summed E-state index contributed by atoms with van der Waals surface area (Å²) >= 11 is 0. The fourth-order valence-electron chi connectivity index (χ4n) is 4.02. The zero-order valence-electron chi connectivity index (χ0n) is 22.9. The van der Waals surface area contributed by atoms with Gasteiger partial charge in [0.15, 0.2) is 6.29 Å². The number of carbonyl (C=O) groups excluding carboxylic acids is 1. The summed E-state index contributed by atoms with van der Waals surface area (Å²) in [7, 11) is 3.99. The molecule has 0 radical (unpaired) electrons. The number of aromatic nitrogens is 2. The molecule has 2 aromatic carbocycles. The van der Waals surface area contributed by atoms with Crippen LogP contribution >= 0.6 is 0 Å². The van der Waals surface area contributed by atoms with Crippen LogP contribution in [0.2, 0.25) is 0 Å². The van der Waals surface area contributed by atoms with Crippen LogP contribution in [0.25, 0.3) is 0 Å². The lowest BCUT2D eigenvalue weighted by Gasteiger charge is -2.30. The molecule has 1 aliphatic heterocycles. The number of hydrogen-bond acceptors (Lipinski definition) is 8. The lowest BCUT2D eigenvalue weighted by molar-refractivity contribution is -0.137. The van der Waals surface area contributed by atoms with E-state index in [0.29, 0.717) is 35.6 Å². The second-order valence-corrected chi connectivity index (χ2v) is 9.46. The molecule has 0 aliphatic carbocycles. The number of carbonyl (C=O) groups is 1. The standard InChI is InChI=1S/C21H27N7.C8H4F4O/c1-14-4-6-17(24-2)12-15(14)5-7-18(22)19-20(23)25-13-26-21(19)27-16-8-10-28(3)11-9-16;9-7-2-1-6(8(10,11)12)3-5(7)4-13/h4,6,12-13,16,22,24H,8-11H2,1-3H3,(H3,23,25,26,27);1-4H. The van der Waals surface area contributed by atoms with E-state index in [1.54, 1.807) is 0 Å². The van der Waals surface area contributed by atoms with E-state index in [4.69, 9.17) is 11.1 Å². The highest BCUT2D eigenvalue weighted by molar-refractivity contribution is 6.16. The quantitative estimate of drug-likeness (QED) is 0.148. The largest absolute Gasteiger partial charge is 0.416 e. The number of rotatable bonds is 5. The highest BCUT2D eigenvalue weighted by atomic mass is 19.4. The Balaban J connectivity index is 0.000000298. The zero-order valence-corrected chi connectivity index (χ0v) is 22.9. The van der Waals surface area contributed by atoms with Crippen LogP contribution in [0.3, 0.4) is 0 Å². The number of halogens is 4. The van der Waals surface area contributed by atoms with Crippen molar-refractivity contribution >= 4 is 29.3 Å². The Hall–Kier alpha value is -4.50. The first-order chi connectivity index (χ1) is 19.4. The summed E-state index contributed by atoms with van der Waals surface area (Å²) in [4.78, 5) is 20.8. The molecule has 2 heterocycles. The van der Waals surface area contributed by atoms with Crippen molar-refractivity contribution in [1.29, 1.82) is 5.41 Å². The van der Waals surface area contributed by atoms with Gasteiger partial charge in [-0.2, -0.15) is 13.2 Å². The lowest BCUT2D eigenvalue weighted by atomic mass is 10.0. The Morgan fingerprint density at radius 2 is 1.88 bits per heavy atom. The first-order valence-electron chi connectivity index (χ1n) is 12.7. The van der Waals surface area contributed by atoms with E-state index < -0.39 is 23.1 Å². The number of nitrogens with zero attached hydrogens (tertiary/aromatic N) is 3. The number of nitrogen functional groups attached to an aromatic ring is 1. The minimum Gasteiger partial charge on any atom is -0.388 e. The molecule has 0 atom stereocenters. The first-order valence-corrected chi connectivity index (χ1v) is 12.7. The number of alkyl halides is 3. The van der Waals surface area contributed by atoms with Crippen LogP contribution < -0.4 is 16.4 Å². The molecule has 4 rings (SSSR count). The van der Waals surface area contributed by atoms with Gasteiger partial charge in [-0.3, -0.25) is 10.2 Å². The molecule has 1 fully saturated rings. The van der Waals surface area contributed by atoms with Gasteiger partial charge in [0.25, 0.3) is 0 Å². The van der Waals surface area contributed by atoms with Gasteiger partial charge in [0.2, 0.25) is 0 Å². The van der Waals surface area contributed by atoms with Crippen LogP contribution in [0.5, 0.6) is 0 Å². The average Bonchev–Trinajstić information content (AvgIpc) is 2.94. The van der Waals surface area contributed by atoms with E-state index in [1.807, 2.05) is 32.2 Å². The van der Waals surface area contributed by atoms with Gasteiger partial charge in [-0.1, -0.05) is 12.0 Å². The number of aldehydes is 1. The van der Waals surface area contributed by atoms with Gasteiger partial charge >= 0.3 is 6.18 Å². The van der Waals surface area contributed by atoms with Gasteiger partial charge in [0, 0.05) is 24.3 Å². The summed E-state index contributed by atoms with van der Waals surface area (Å²) in [5, 5.41) is 15.0. The minimum absolute atomic E-state index is 0.0462. The number of aryl methyl sites for hydroxylation is 1. The molecule has 3 aromatic rings. The molecule has 41 heavy (non-hydrogen) atoms. The molecule has 0 saturated carbocycles. The van der Waals surface area contributed by atoms with Crippen LogP contribution in [-0.4, -0.2) is 60.1 Å². The maximum atomic E-state index is 12.6. The third kappa shape index (κ3) is 8.49. The molecule has 8 nitrogen and oxygen atoms in total. The lowest BCUT2D eigenvalue weighted by Crippen LogP contribution is -2.37. The summed E-state index contributed by atoms with van der Waals surface area (Å²) in [5.41, 5.74) is 7.95. The number of benzene rings is 2. The normalized spacial score (nSPS) is 13.7. The third-order valence-electron chi connectivity index (χ3n) is 6.48. The van der Waals surface area contributed by atoms with Crippen molar-refractivity contribution in [3.05, 3.63) is 76.4 Å². The summed E-state index contributed by atoms with van der Waals surface area (Å²) in [6.07, 6.45) is -1.03. The number of nitrogens with two attached hydrogens (primary N) is 1. The zero-order chi connectivity index (χ0) is 30.2. The number of piperidine rings is 1. The van der Waals surface area contributed by atoms with E-state index in [9.17, 15) is 22.4 Å². The fourth-order valence-corrected chi connectivity index (χ4v) is 4.02. The molecule has 5 N–H and O–H groups in total. The number of likely N-dealkylation sites (tertiary alicyclic amines) is 1. The molecule has 1 aliphatic rings. The number of nitrogens with one attached hydrogen (secondary N) is 3. The predicted octanol–water partition coefficient (Wildman–Crippen LogP) is 4.99. The molecule has 216 valence electrons. The summed E-state index contributed by atoms with van der Waals surface area (Å²) in [5.74, 6) is 5.92. The summed E-state index contributed by atoms with van der Waals surface area (Å²) in [6.45, 7) is 4.07. The second kappa shape index (κ2) is 13.7. The van der Waals surface area contributed by atoms with Crippen molar-refractivity contribution < 1.29 is 22.4 Å². The van der Waals surface area contributed by atoms with Crippen molar-refractivity contribution in [3.8, 4) is 11.8 Å². The Bertz CT molecular complexity index is 1460. The fraction of sp³-hybridized carbons (Fsp3) is 0.310. The third-order valence-corrected chi connectivity index (χ3v) is 6.48. The molecular formula is C29H31F4N7O. The SMILES string of the molecule is CNc1ccc(C)c(C#CC(=N)c2c(N)ncnc2NC2CCN(C)CC2)c1.O=Cc1cc(C(F)(F)F)ccc1F. The Morgan fingerprint density at radius 3 is 2.51 bits per heavy atom. The van der Waals surface area contributed by atoms with E-state index in [1.165, 1.54) is 6.33 Å². The molecule has 0 unspecified atom stereocenters. The van der Waals surface area contributed by atoms with Crippen molar-refractivity contribution in [3.63, 3.8) is 0 Å². The van der Waals surface area contributed by atoms with Gasteiger partial charge in [-0.05, 0) is 81.7 Å². The van der Waals surface area contributed by atoms with Crippen LogP contribution in [0, 0.1) is 30.0 Å². The van der Waals surface area contributed by atoms with Gasteiger partial charge in [0.05, 0.1) is 16.7 Å². The average molecular weight is 570 g/mol. The van der Waals surface area contributed by atoms with Crippen molar-refractivity contribution in [2.24, 2.45) is 0 Å². The van der Waals surface area contributed by atoms with Gasteiger partial charge in [-0.25, -0.2) is 14.4 Å². The molecule has 0 bridgehead atoms. The van der Waals surface area contributed by atoms with E-state index >= 15 is 0 Å². The van der Waals surface area contributed by atoms with E-state index in [-0.39, 0.29) is 17.8 Å². The number of anilines is 3. The Morgan fingerprint density at radius 1 is 1.17 bits per heavy atom. The molecule has 12 heteroatoms. The highest BCUT2D eigenvalue weighted by Crippen LogP contribution is 2.30. The van der Waals surface area contributed by atoms with E-state index in [0.717, 1.165) is 42.7 Å². The number of hydrogen-bond donors (Lipinski definition) is 4. The predicted molar refractivity (Wildman–Crippen MR) is 152 cm³/mol. The van der Waals surface area contributed by atoms with Crippen molar-refractivity contribution in [2.45, 2.75) is 32.0 Å².